The van der Waals surface area contributed by atoms with E-state index in [1.165, 1.54) is 0 Å². The lowest BCUT2D eigenvalue weighted by Gasteiger charge is -2.20. The molecule has 2 amide bonds. The third-order valence-electron chi connectivity index (χ3n) is 4.58. The van der Waals surface area contributed by atoms with Crippen LogP contribution in [-0.2, 0) is 21.5 Å². The molecule has 1 aliphatic rings. The molecule has 0 bridgehead atoms. The van der Waals surface area contributed by atoms with Crippen LogP contribution in [0.4, 0.5) is 5.69 Å². The Kier molecular flexibility index (Phi) is 4.69. The molecule has 0 aromatic heterocycles. The van der Waals surface area contributed by atoms with E-state index in [4.69, 9.17) is 0 Å². The average Bonchev–Trinajstić information content (AvgIpc) is 2.74. The monoisotopic (exact) mass is 400 g/mol. The van der Waals surface area contributed by atoms with Crippen LogP contribution >= 0.6 is 15.9 Å². The Morgan fingerprint density at radius 3 is 2.68 bits per heavy atom. The highest BCUT2D eigenvalue weighted by Crippen LogP contribution is 2.41. The summed E-state index contributed by atoms with van der Waals surface area (Å²) in [4.78, 5) is 26.8. The predicted octanol–water partition coefficient (Wildman–Crippen LogP) is 3.70. The minimum Gasteiger partial charge on any atom is -0.350 e. The minimum atomic E-state index is -0.605. The van der Waals surface area contributed by atoms with Gasteiger partial charge in [-0.05, 0) is 50.1 Å². The molecule has 25 heavy (non-hydrogen) atoms. The van der Waals surface area contributed by atoms with Gasteiger partial charge in [-0.3, -0.25) is 9.59 Å². The van der Waals surface area contributed by atoms with Crippen molar-refractivity contribution in [1.82, 2.24) is 5.32 Å². The number of nitrogens with one attached hydrogen (secondary N) is 1. The summed E-state index contributed by atoms with van der Waals surface area (Å²) in [7, 11) is 0. The zero-order valence-electron chi connectivity index (χ0n) is 14.6. The Morgan fingerprint density at radius 2 is 1.96 bits per heavy atom. The van der Waals surface area contributed by atoms with E-state index in [1.54, 1.807) is 4.90 Å². The molecule has 130 valence electrons. The lowest BCUT2D eigenvalue weighted by molar-refractivity contribution is -0.125. The summed E-state index contributed by atoms with van der Waals surface area (Å²) < 4.78 is 0.972. The van der Waals surface area contributed by atoms with E-state index in [0.29, 0.717) is 6.54 Å². The molecule has 0 saturated heterocycles. The Balaban J connectivity index is 1.72. The summed E-state index contributed by atoms with van der Waals surface area (Å²) in [5, 5.41) is 2.89. The quantitative estimate of drug-likeness (QED) is 0.850. The molecule has 2 aromatic rings. The maximum absolute atomic E-state index is 12.8. The Bertz CT molecular complexity index is 845. The number of carbonyl (C=O) groups excluding carboxylic acids is 2. The highest BCUT2D eigenvalue weighted by atomic mass is 79.9. The van der Waals surface area contributed by atoms with Crippen molar-refractivity contribution in [2.24, 2.45) is 0 Å². The SMILES string of the molecule is Cc1ccc2c(c1)C(C)(C)C(=O)N2CC(=O)NCc1cccc(Br)c1. The van der Waals surface area contributed by atoms with Gasteiger partial charge in [-0.25, -0.2) is 0 Å². The topological polar surface area (TPSA) is 49.4 Å². The minimum absolute atomic E-state index is 0.0341. The van der Waals surface area contributed by atoms with E-state index in [1.807, 2.05) is 63.2 Å². The molecule has 1 N–H and O–H groups in total. The van der Waals surface area contributed by atoms with Gasteiger partial charge in [0.15, 0.2) is 0 Å². The van der Waals surface area contributed by atoms with Gasteiger partial charge in [-0.15, -0.1) is 0 Å². The molecule has 0 atom stereocenters. The van der Waals surface area contributed by atoms with E-state index in [0.717, 1.165) is 26.9 Å². The number of fused-ring (bicyclic) bond motifs is 1. The molecule has 0 radical (unpaired) electrons. The van der Waals surface area contributed by atoms with Gasteiger partial charge in [0, 0.05) is 16.7 Å². The smallest absolute Gasteiger partial charge is 0.240 e. The van der Waals surface area contributed by atoms with Crippen LogP contribution in [0, 0.1) is 6.92 Å². The lowest BCUT2D eigenvalue weighted by Crippen LogP contribution is -2.42. The Hall–Kier alpha value is -2.14. The third kappa shape index (κ3) is 3.47. The molecule has 1 heterocycles. The number of rotatable bonds is 4. The van der Waals surface area contributed by atoms with Gasteiger partial charge >= 0.3 is 0 Å². The summed E-state index contributed by atoms with van der Waals surface area (Å²) in [6.07, 6.45) is 0. The largest absolute Gasteiger partial charge is 0.350 e. The molecule has 0 spiro atoms. The summed E-state index contributed by atoms with van der Waals surface area (Å²) in [5.74, 6) is -0.205. The maximum atomic E-state index is 12.8. The van der Waals surface area contributed by atoms with Crippen molar-refractivity contribution in [3.05, 3.63) is 63.6 Å². The predicted molar refractivity (Wildman–Crippen MR) is 103 cm³/mol. The van der Waals surface area contributed by atoms with Gasteiger partial charge in [-0.2, -0.15) is 0 Å². The van der Waals surface area contributed by atoms with E-state index in [9.17, 15) is 9.59 Å². The second-order valence-electron chi connectivity index (χ2n) is 6.94. The van der Waals surface area contributed by atoms with Crippen LogP contribution in [-0.4, -0.2) is 18.4 Å². The average molecular weight is 401 g/mol. The van der Waals surface area contributed by atoms with Gasteiger partial charge in [0.25, 0.3) is 0 Å². The van der Waals surface area contributed by atoms with Crippen molar-refractivity contribution < 1.29 is 9.59 Å². The van der Waals surface area contributed by atoms with Crippen molar-refractivity contribution in [2.75, 3.05) is 11.4 Å². The van der Waals surface area contributed by atoms with Gasteiger partial charge in [0.1, 0.15) is 6.54 Å². The molecule has 3 rings (SSSR count). The van der Waals surface area contributed by atoms with E-state index in [-0.39, 0.29) is 18.4 Å². The van der Waals surface area contributed by atoms with Crippen LogP contribution < -0.4 is 10.2 Å². The van der Waals surface area contributed by atoms with Crippen LogP contribution in [0.2, 0.25) is 0 Å². The van der Waals surface area contributed by atoms with Crippen molar-refractivity contribution >= 4 is 33.4 Å². The number of hydrogen-bond acceptors (Lipinski definition) is 2. The molecule has 0 saturated carbocycles. The number of amides is 2. The van der Waals surface area contributed by atoms with Crippen molar-refractivity contribution in [3.8, 4) is 0 Å². The van der Waals surface area contributed by atoms with E-state index >= 15 is 0 Å². The standard InChI is InChI=1S/C20H21BrN2O2/c1-13-7-8-17-16(9-13)20(2,3)19(25)23(17)12-18(24)22-11-14-5-4-6-15(21)10-14/h4-10H,11-12H2,1-3H3,(H,22,24). The van der Waals surface area contributed by atoms with Gasteiger partial charge in [0.2, 0.25) is 11.8 Å². The maximum Gasteiger partial charge on any atom is 0.240 e. The van der Waals surface area contributed by atoms with Crippen LogP contribution in [0.15, 0.2) is 46.9 Å². The number of anilines is 1. The van der Waals surface area contributed by atoms with Crippen LogP contribution in [0.5, 0.6) is 0 Å². The van der Waals surface area contributed by atoms with Gasteiger partial charge < -0.3 is 10.2 Å². The van der Waals surface area contributed by atoms with Gasteiger partial charge in [-0.1, -0.05) is 45.8 Å². The van der Waals surface area contributed by atoms with Crippen molar-refractivity contribution in [3.63, 3.8) is 0 Å². The van der Waals surface area contributed by atoms with Crippen LogP contribution in [0.25, 0.3) is 0 Å². The molecule has 4 nitrogen and oxygen atoms in total. The first-order valence-electron chi connectivity index (χ1n) is 8.23. The molecule has 1 aliphatic heterocycles. The number of hydrogen-bond donors (Lipinski definition) is 1. The molecule has 0 aliphatic carbocycles. The fraction of sp³-hybridized carbons (Fsp3) is 0.300. The van der Waals surface area contributed by atoms with Crippen LogP contribution in [0.1, 0.15) is 30.5 Å². The summed E-state index contributed by atoms with van der Waals surface area (Å²) in [6.45, 7) is 6.30. The highest BCUT2D eigenvalue weighted by Gasteiger charge is 2.44. The lowest BCUT2D eigenvalue weighted by atomic mass is 9.85. The Morgan fingerprint density at radius 1 is 1.20 bits per heavy atom. The Labute approximate surface area is 156 Å². The molecular formula is C20H21BrN2O2. The third-order valence-corrected chi connectivity index (χ3v) is 5.07. The van der Waals surface area contributed by atoms with Crippen molar-refractivity contribution in [1.29, 1.82) is 0 Å². The van der Waals surface area contributed by atoms with E-state index in [2.05, 4.69) is 21.2 Å². The van der Waals surface area contributed by atoms with Crippen LogP contribution in [0.3, 0.4) is 0 Å². The summed E-state index contributed by atoms with van der Waals surface area (Å²) in [6, 6.07) is 13.7. The number of carbonyl (C=O) groups is 2. The second kappa shape index (κ2) is 6.64. The summed E-state index contributed by atoms with van der Waals surface area (Å²) >= 11 is 3.42. The molecule has 2 aromatic carbocycles. The first kappa shape index (κ1) is 17.7. The number of benzene rings is 2. The second-order valence-corrected chi connectivity index (χ2v) is 7.86. The number of halogens is 1. The van der Waals surface area contributed by atoms with Crippen molar-refractivity contribution in [2.45, 2.75) is 32.7 Å². The fourth-order valence-corrected chi connectivity index (χ4v) is 3.60. The highest BCUT2D eigenvalue weighted by molar-refractivity contribution is 9.10. The number of nitrogens with zero attached hydrogens (tertiary/aromatic N) is 1. The normalized spacial score (nSPS) is 15.2. The number of aryl methyl sites for hydroxylation is 1. The zero-order chi connectivity index (χ0) is 18.2. The fourth-order valence-electron chi connectivity index (χ4n) is 3.15. The molecule has 0 fully saturated rings. The molecular weight excluding hydrogens is 380 g/mol. The first-order chi connectivity index (χ1) is 11.8. The van der Waals surface area contributed by atoms with E-state index < -0.39 is 5.41 Å². The molecule has 0 unspecified atom stereocenters. The molecule has 5 heteroatoms. The van der Waals surface area contributed by atoms with Gasteiger partial charge in [0.05, 0.1) is 5.41 Å². The zero-order valence-corrected chi connectivity index (χ0v) is 16.2. The summed E-state index contributed by atoms with van der Waals surface area (Å²) in [5.41, 5.74) is 3.33. The first-order valence-corrected chi connectivity index (χ1v) is 9.02.